The first-order valence-electron chi connectivity index (χ1n) is 10.7. The number of fused-ring (bicyclic) bond motifs is 1. The third-order valence-corrected chi connectivity index (χ3v) is 7.08. The summed E-state index contributed by atoms with van der Waals surface area (Å²) in [5.74, 6) is -0.993. The van der Waals surface area contributed by atoms with Gasteiger partial charge < -0.3 is 15.0 Å². The molecule has 4 rings (SSSR count). The first-order valence-corrected chi connectivity index (χ1v) is 11.9. The van der Waals surface area contributed by atoms with E-state index >= 15 is 0 Å². The minimum atomic E-state index is -0.918. The van der Waals surface area contributed by atoms with Crippen LogP contribution in [0.3, 0.4) is 0 Å². The fraction of sp³-hybridized carbons (Fsp3) is 0.364. The maximum Gasteiger partial charge on any atom is 0.308 e. The number of hydrogen-bond acceptors (Lipinski definition) is 9. The number of nitrogens with one attached hydrogen (secondary N) is 1. The van der Waals surface area contributed by atoms with Gasteiger partial charge in [-0.25, -0.2) is 4.98 Å². The largest absolute Gasteiger partial charge is 0.466 e. The number of carbonyl (C=O) groups excluding carboxylic acids is 3. The molecule has 10 nitrogen and oxygen atoms in total. The van der Waals surface area contributed by atoms with Crippen molar-refractivity contribution in [2.75, 3.05) is 31.6 Å². The highest BCUT2D eigenvalue weighted by molar-refractivity contribution is 8.26. The predicted molar refractivity (Wildman–Crippen MR) is 133 cm³/mol. The van der Waals surface area contributed by atoms with E-state index in [1.807, 2.05) is 13.0 Å². The zero-order valence-corrected chi connectivity index (χ0v) is 20.5. The number of likely N-dealkylation sites (N-methyl/N-ethyl adjacent to an activating group) is 1. The number of aryl methyl sites for hydroxylation is 1. The highest BCUT2D eigenvalue weighted by Crippen LogP contribution is 2.33. The monoisotopic (exact) mass is 501 g/mol. The van der Waals surface area contributed by atoms with E-state index in [0.29, 0.717) is 23.1 Å². The zero-order valence-electron chi connectivity index (χ0n) is 18.9. The summed E-state index contributed by atoms with van der Waals surface area (Å²) in [6, 6.07) is 2.64. The first-order chi connectivity index (χ1) is 16.2. The van der Waals surface area contributed by atoms with Crippen molar-refractivity contribution in [3.05, 3.63) is 44.7 Å². The molecule has 34 heavy (non-hydrogen) atoms. The Morgan fingerprint density at radius 3 is 2.82 bits per heavy atom. The molecule has 1 atom stereocenters. The molecule has 0 aliphatic carbocycles. The van der Waals surface area contributed by atoms with Gasteiger partial charge in [-0.05, 0) is 31.6 Å². The van der Waals surface area contributed by atoms with Crippen molar-refractivity contribution in [1.82, 2.24) is 19.6 Å². The number of carbonyl (C=O) groups is 3. The third-order valence-electron chi connectivity index (χ3n) is 5.59. The molecule has 0 aromatic carbocycles. The molecule has 1 unspecified atom stereocenters. The molecule has 0 bridgehead atoms. The van der Waals surface area contributed by atoms with Crippen LogP contribution < -0.4 is 15.8 Å². The maximum absolute atomic E-state index is 13.6. The lowest BCUT2D eigenvalue weighted by Crippen LogP contribution is -2.57. The molecule has 2 fully saturated rings. The summed E-state index contributed by atoms with van der Waals surface area (Å²) in [5, 5.41) is 2.76. The summed E-state index contributed by atoms with van der Waals surface area (Å²) in [7, 11) is 1.57. The number of piperazine rings is 1. The van der Waals surface area contributed by atoms with Crippen molar-refractivity contribution < 1.29 is 19.1 Å². The number of thiocarbonyl (C=S) groups is 1. The summed E-state index contributed by atoms with van der Waals surface area (Å²) < 4.78 is 6.83. The normalized spacial score (nSPS) is 19.8. The fourth-order valence-corrected chi connectivity index (χ4v) is 5.03. The lowest BCUT2D eigenvalue weighted by molar-refractivity contribution is -0.145. The standard InChI is InChI=1S/C22H23N5O5S2/c1-4-32-16(28)11-14-19(29)23-7-9-26(14)18-13(10-15-21(31)25(3)22(33)34-15)20(30)27-8-5-6-12(2)17(27)24-18/h5-6,8,10,14H,4,7,9,11H2,1-3H3,(H,23,29). The van der Waals surface area contributed by atoms with Gasteiger partial charge in [0.05, 0.1) is 23.5 Å². The van der Waals surface area contributed by atoms with Crippen LogP contribution in [0.4, 0.5) is 5.82 Å². The van der Waals surface area contributed by atoms with Gasteiger partial charge >= 0.3 is 5.97 Å². The highest BCUT2D eigenvalue weighted by atomic mass is 32.2. The first kappa shape index (κ1) is 23.9. The SMILES string of the molecule is CCOC(=O)CC1C(=O)NCCN1c1nc2c(C)cccn2c(=O)c1C=C1SC(=S)N(C)C1=O. The molecule has 178 valence electrons. The van der Waals surface area contributed by atoms with Gasteiger partial charge in [0.15, 0.2) is 0 Å². The third kappa shape index (κ3) is 4.30. The lowest BCUT2D eigenvalue weighted by atomic mass is 10.1. The summed E-state index contributed by atoms with van der Waals surface area (Å²) in [5.41, 5.74) is 0.922. The number of hydrogen-bond donors (Lipinski definition) is 1. The summed E-state index contributed by atoms with van der Waals surface area (Å²) in [4.78, 5) is 59.3. The van der Waals surface area contributed by atoms with Crippen LogP contribution in [-0.2, 0) is 19.1 Å². The van der Waals surface area contributed by atoms with E-state index in [4.69, 9.17) is 21.9 Å². The molecule has 4 heterocycles. The molecular formula is C22H23N5O5S2. The van der Waals surface area contributed by atoms with Gasteiger partial charge in [0.2, 0.25) is 5.91 Å². The second-order valence-corrected chi connectivity index (χ2v) is 9.46. The summed E-state index contributed by atoms with van der Waals surface area (Å²) in [6.07, 6.45) is 2.87. The topological polar surface area (TPSA) is 113 Å². The second-order valence-electron chi connectivity index (χ2n) is 7.79. The van der Waals surface area contributed by atoms with Gasteiger partial charge in [-0.2, -0.15) is 0 Å². The van der Waals surface area contributed by atoms with Gasteiger partial charge in [0.25, 0.3) is 11.5 Å². The van der Waals surface area contributed by atoms with Crippen LogP contribution in [0.25, 0.3) is 11.7 Å². The van der Waals surface area contributed by atoms with Crippen LogP contribution in [0.1, 0.15) is 24.5 Å². The average molecular weight is 502 g/mol. The van der Waals surface area contributed by atoms with Crippen LogP contribution in [0.2, 0.25) is 0 Å². The van der Waals surface area contributed by atoms with Crippen LogP contribution in [0.5, 0.6) is 0 Å². The molecule has 2 aliphatic heterocycles. The van der Waals surface area contributed by atoms with Gasteiger partial charge in [0.1, 0.15) is 21.8 Å². The van der Waals surface area contributed by atoms with E-state index in [9.17, 15) is 19.2 Å². The Morgan fingerprint density at radius 2 is 2.15 bits per heavy atom. The molecule has 2 saturated heterocycles. The van der Waals surface area contributed by atoms with Gasteiger partial charge in [-0.15, -0.1) is 0 Å². The minimum Gasteiger partial charge on any atom is -0.466 e. The molecule has 0 spiro atoms. The number of esters is 1. The Kier molecular flexibility index (Phi) is 6.71. The van der Waals surface area contributed by atoms with E-state index in [2.05, 4.69) is 5.32 Å². The molecule has 2 aromatic heterocycles. The summed E-state index contributed by atoms with van der Waals surface area (Å²) >= 11 is 6.31. The van der Waals surface area contributed by atoms with Crippen LogP contribution in [-0.4, -0.2) is 69.2 Å². The van der Waals surface area contributed by atoms with Gasteiger partial charge in [-0.1, -0.05) is 30.0 Å². The van der Waals surface area contributed by atoms with Crippen LogP contribution in [0.15, 0.2) is 28.0 Å². The Hall–Kier alpha value is -3.25. The fourth-order valence-electron chi connectivity index (χ4n) is 3.87. The Labute approximate surface area is 204 Å². The van der Waals surface area contributed by atoms with Crippen molar-refractivity contribution in [1.29, 1.82) is 0 Å². The van der Waals surface area contributed by atoms with E-state index in [0.717, 1.165) is 17.3 Å². The second kappa shape index (κ2) is 9.55. The highest BCUT2D eigenvalue weighted by Gasteiger charge is 2.36. The number of nitrogens with zero attached hydrogens (tertiary/aromatic N) is 4. The van der Waals surface area contributed by atoms with E-state index in [1.54, 1.807) is 31.1 Å². The van der Waals surface area contributed by atoms with Gasteiger partial charge in [0, 0.05) is 26.3 Å². The van der Waals surface area contributed by atoms with Crippen molar-refractivity contribution in [2.45, 2.75) is 26.3 Å². The number of ether oxygens (including phenoxy) is 1. The molecule has 2 aliphatic rings. The van der Waals surface area contributed by atoms with Crippen molar-refractivity contribution in [3.63, 3.8) is 0 Å². The number of rotatable bonds is 5. The molecule has 1 N–H and O–H groups in total. The van der Waals surface area contributed by atoms with Crippen molar-refractivity contribution >= 4 is 63.6 Å². The number of thioether (sulfide) groups is 1. The molecular weight excluding hydrogens is 478 g/mol. The van der Waals surface area contributed by atoms with Gasteiger partial charge in [-0.3, -0.25) is 28.5 Å². The zero-order chi connectivity index (χ0) is 24.6. The molecule has 12 heteroatoms. The van der Waals surface area contributed by atoms with Crippen molar-refractivity contribution in [2.24, 2.45) is 0 Å². The van der Waals surface area contributed by atoms with E-state index < -0.39 is 17.6 Å². The maximum atomic E-state index is 13.6. The quantitative estimate of drug-likeness (QED) is 0.365. The smallest absolute Gasteiger partial charge is 0.308 e. The Bertz CT molecular complexity index is 1300. The Balaban J connectivity index is 1.92. The molecule has 2 aromatic rings. The number of amides is 2. The lowest BCUT2D eigenvalue weighted by Gasteiger charge is -2.36. The number of pyridine rings is 1. The molecule has 0 saturated carbocycles. The van der Waals surface area contributed by atoms with E-state index in [-0.39, 0.29) is 41.1 Å². The van der Waals surface area contributed by atoms with Crippen molar-refractivity contribution in [3.8, 4) is 0 Å². The molecule has 0 radical (unpaired) electrons. The average Bonchev–Trinajstić information content (AvgIpc) is 3.04. The van der Waals surface area contributed by atoms with Crippen LogP contribution in [0, 0.1) is 6.92 Å². The summed E-state index contributed by atoms with van der Waals surface area (Å²) in [6.45, 7) is 4.33. The molecule has 2 amide bonds. The minimum absolute atomic E-state index is 0.139. The Morgan fingerprint density at radius 1 is 1.38 bits per heavy atom. The predicted octanol–water partition coefficient (Wildman–Crippen LogP) is 1.09. The number of anilines is 1. The van der Waals surface area contributed by atoms with Crippen LogP contribution >= 0.6 is 24.0 Å². The van der Waals surface area contributed by atoms with E-state index in [1.165, 1.54) is 15.4 Å². The number of aromatic nitrogens is 2.